The number of ketones is 1. The number of carbonyl (C=O) groups excluding carboxylic acids is 1. The normalized spacial score (nSPS) is 11.0. The van der Waals surface area contributed by atoms with Gasteiger partial charge in [0.2, 0.25) is 0 Å². The third kappa shape index (κ3) is 3.10. The Morgan fingerprint density at radius 1 is 1.32 bits per heavy atom. The number of rotatable bonds is 4. The average Bonchev–Trinajstić information content (AvgIpc) is 2.89. The Morgan fingerprint density at radius 2 is 2.14 bits per heavy atom. The van der Waals surface area contributed by atoms with Gasteiger partial charge in [-0.25, -0.2) is 18.7 Å². The van der Waals surface area contributed by atoms with Gasteiger partial charge in [0.1, 0.15) is 11.6 Å². The van der Waals surface area contributed by atoms with Gasteiger partial charge in [0.25, 0.3) is 0 Å². The molecule has 0 saturated heterocycles. The van der Waals surface area contributed by atoms with Crippen molar-refractivity contribution >= 4 is 40.3 Å². The molecule has 0 amide bonds. The number of carbonyl (C=O) groups is 1. The van der Waals surface area contributed by atoms with Crippen LogP contribution < -0.4 is 0 Å². The van der Waals surface area contributed by atoms with Crippen molar-refractivity contribution in [3.63, 3.8) is 0 Å². The van der Waals surface area contributed by atoms with Crippen LogP contribution in [0.25, 0.3) is 11.2 Å². The first kappa shape index (κ1) is 14.9. The monoisotopic (exact) mass is 339 g/mol. The molecule has 0 aliphatic carbocycles. The summed E-state index contributed by atoms with van der Waals surface area (Å²) in [5.74, 6) is -2.00. The number of nitrogens with one attached hydrogen (secondary N) is 1. The highest BCUT2D eigenvalue weighted by Gasteiger charge is 2.14. The van der Waals surface area contributed by atoms with E-state index < -0.39 is 17.4 Å². The fourth-order valence-corrected chi connectivity index (χ4v) is 2.76. The lowest BCUT2D eigenvalue weighted by atomic mass is 10.1. The number of aromatic nitrogens is 3. The molecule has 0 bridgehead atoms. The minimum atomic E-state index is -0.745. The number of halogens is 3. The average molecular weight is 340 g/mol. The second kappa shape index (κ2) is 6.02. The molecule has 2 aromatic heterocycles. The Kier molecular flexibility index (Phi) is 4.08. The Morgan fingerprint density at radius 3 is 2.95 bits per heavy atom. The first-order chi connectivity index (χ1) is 10.5. The second-order valence-corrected chi connectivity index (χ2v) is 5.80. The highest BCUT2D eigenvalue weighted by molar-refractivity contribution is 7.99. The fourth-order valence-electron chi connectivity index (χ4n) is 1.84. The summed E-state index contributed by atoms with van der Waals surface area (Å²) in [5.41, 5.74) is 0.834. The van der Waals surface area contributed by atoms with E-state index in [-0.39, 0.29) is 11.3 Å². The maximum atomic E-state index is 13.5. The van der Waals surface area contributed by atoms with Crippen LogP contribution in [0.1, 0.15) is 10.4 Å². The van der Waals surface area contributed by atoms with Gasteiger partial charge < -0.3 is 4.98 Å². The van der Waals surface area contributed by atoms with Crippen LogP contribution in [0.5, 0.6) is 0 Å². The molecule has 0 aliphatic rings. The molecular weight excluding hydrogens is 332 g/mol. The number of benzene rings is 1. The number of H-pyrrole nitrogens is 1. The molecule has 0 radical (unpaired) electrons. The van der Waals surface area contributed by atoms with E-state index in [0.717, 1.165) is 30.0 Å². The van der Waals surface area contributed by atoms with Crippen molar-refractivity contribution in [1.29, 1.82) is 0 Å². The van der Waals surface area contributed by atoms with Crippen LogP contribution >= 0.6 is 23.4 Å². The molecule has 0 fully saturated rings. The Bertz CT molecular complexity index is 868. The largest absolute Gasteiger partial charge is 0.331 e. The highest BCUT2D eigenvalue weighted by atomic mass is 35.5. The molecule has 2 heterocycles. The molecule has 3 rings (SSSR count). The van der Waals surface area contributed by atoms with Gasteiger partial charge in [0.05, 0.1) is 21.9 Å². The molecule has 8 heteroatoms. The molecule has 0 atom stereocenters. The lowest BCUT2D eigenvalue weighted by Crippen LogP contribution is -2.06. The number of aromatic amines is 1. The lowest BCUT2D eigenvalue weighted by Gasteiger charge is -2.01. The van der Waals surface area contributed by atoms with Crippen LogP contribution in [0.3, 0.4) is 0 Å². The number of pyridine rings is 1. The van der Waals surface area contributed by atoms with E-state index in [9.17, 15) is 13.6 Å². The van der Waals surface area contributed by atoms with E-state index in [0.29, 0.717) is 21.3 Å². The fraction of sp³-hybridized carbons (Fsp3) is 0.0714. The maximum absolute atomic E-state index is 13.5. The van der Waals surface area contributed by atoms with Crippen molar-refractivity contribution < 1.29 is 13.6 Å². The number of hydrogen-bond acceptors (Lipinski definition) is 4. The van der Waals surface area contributed by atoms with Crippen molar-refractivity contribution in [2.75, 3.05) is 5.75 Å². The van der Waals surface area contributed by atoms with Crippen molar-refractivity contribution in [2.45, 2.75) is 5.16 Å². The molecular formula is C14H8ClF2N3OS. The van der Waals surface area contributed by atoms with Gasteiger partial charge in [-0.15, -0.1) is 0 Å². The van der Waals surface area contributed by atoms with Gasteiger partial charge in [-0.05, 0) is 24.3 Å². The number of nitrogens with zero attached hydrogens (tertiary/aromatic N) is 2. The summed E-state index contributed by atoms with van der Waals surface area (Å²) in [6, 6.07) is 4.45. The van der Waals surface area contributed by atoms with E-state index in [2.05, 4.69) is 15.0 Å². The van der Waals surface area contributed by atoms with Crippen LogP contribution in [-0.4, -0.2) is 26.5 Å². The summed E-state index contributed by atoms with van der Waals surface area (Å²) < 4.78 is 26.6. The van der Waals surface area contributed by atoms with Gasteiger partial charge in [-0.1, -0.05) is 23.4 Å². The summed E-state index contributed by atoms with van der Waals surface area (Å²) in [6.45, 7) is 0. The smallest absolute Gasteiger partial charge is 0.178 e. The number of fused-ring (bicyclic) bond motifs is 1. The van der Waals surface area contributed by atoms with Gasteiger partial charge in [0, 0.05) is 6.20 Å². The summed E-state index contributed by atoms with van der Waals surface area (Å²) in [5, 5.41) is 0.917. The van der Waals surface area contributed by atoms with Crippen LogP contribution in [-0.2, 0) is 0 Å². The van der Waals surface area contributed by atoms with Crippen molar-refractivity contribution in [3.05, 3.63) is 52.7 Å². The van der Waals surface area contributed by atoms with E-state index in [1.165, 1.54) is 6.20 Å². The molecule has 22 heavy (non-hydrogen) atoms. The third-order valence-corrected chi connectivity index (χ3v) is 3.93. The minimum absolute atomic E-state index is 0.0755. The van der Waals surface area contributed by atoms with E-state index in [1.807, 2.05) is 0 Å². The Balaban J connectivity index is 1.75. The molecule has 4 nitrogen and oxygen atoms in total. The van der Waals surface area contributed by atoms with Crippen LogP contribution in [0.4, 0.5) is 8.78 Å². The first-order valence-electron chi connectivity index (χ1n) is 6.15. The topological polar surface area (TPSA) is 58.6 Å². The molecule has 112 valence electrons. The van der Waals surface area contributed by atoms with Gasteiger partial charge >= 0.3 is 0 Å². The zero-order chi connectivity index (χ0) is 15.7. The van der Waals surface area contributed by atoms with Crippen LogP contribution in [0.15, 0.2) is 35.6 Å². The second-order valence-electron chi connectivity index (χ2n) is 4.40. The SMILES string of the molecule is O=C(CSc1nc2ncc(Cl)cc2[nH]1)c1cc(F)ccc1F. The van der Waals surface area contributed by atoms with Gasteiger partial charge in [-0.3, -0.25) is 4.79 Å². The highest BCUT2D eigenvalue weighted by Crippen LogP contribution is 2.22. The van der Waals surface area contributed by atoms with Crippen LogP contribution in [0, 0.1) is 11.6 Å². The van der Waals surface area contributed by atoms with Gasteiger partial charge in [-0.2, -0.15) is 0 Å². The van der Waals surface area contributed by atoms with Gasteiger partial charge in [0.15, 0.2) is 16.6 Å². The zero-order valence-electron chi connectivity index (χ0n) is 10.9. The molecule has 0 saturated carbocycles. The van der Waals surface area contributed by atoms with Crippen molar-refractivity contribution in [3.8, 4) is 0 Å². The minimum Gasteiger partial charge on any atom is -0.331 e. The number of Topliss-reactive ketones (excluding diaryl/α,β-unsaturated/α-hetero) is 1. The predicted molar refractivity (Wildman–Crippen MR) is 80.3 cm³/mol. The third-order valence-electron chi connectivity index (χ3n) is 2.85. The molecule has 0 aliphatic heterocycles. The standard InChI is InChI=1S/C14H8ClF2N3OS/c15-7-3-11-13(18-5-7)20-14(19-11)22-6-12(21)9-4-8(16)1-2-10(9)17/h1-5H,6H2,(H,18,19,20). The predicted octanol–water partition coefficient (Wildman–Crippen LogP) is 3.86. The van der Waals surface area contributed by atoms with E-state index in [4.69, 9.17) is 11.6 Å². The number of hydrogen-bond donors (Lipinski definition) is 1. The zero-order valence-corrected chi connectivity index (χ0v) is 12.5. The van der Waals surface area contributed by atoms with Crippen molar-refractivity contribution in [2.24, 2.45) is 0 Å². The molecule has 1 N–H and O–H groups in total. The lowest BCUT2D eigenvalue weighted by molar-refractivity contribution is 0.101. The quantitative estimate of drug-likeness (QED) is 0.579. The molecule has 0 spiro atoms. The molecule has 3 aromatic rings. The van der Waals surface area contributed by atoms with E-state index in [1.54, 1.807) is 6.07 Å². The summed E-state index contributed by atoms with van der Waals surface area (Å²) >= 11 is 6.90. The number of thioether (sulfide) groups is 1. The number of imidazole rings is 1. The van der Waals surface area contributed by atoms with Crippen LogP contribution in [0.2, 0.25) is 5.02 Å². The van der Waals surface area contributed by atoms with Crippen molar-refractivity contribution in [1.82, 2.24) is 15.0 Å². The Hall–Kier alpha value is -1.99. The summed E-state index contributed by atoms with van der Waals surface area (Å²) in [7, 11) is 0. The first-order valence-corrected chi connectivity index (χ1v) is 7.51. The maximum Gasteiger partial charge on any atom is 0.178 e. The summed E-state index contributed by atoms with van der Waals surface area (Å²) in [6.07, 6.45) is 1.46. The Labute approximate surface area is 132 Å². The van der Waals surface area contributed by atoms with E-state index >= 15 is 0 Å². The molecule has 0 unspecified atom stereocenters. The molecule has 1 aromatic carbocycles. The summed E-state index contributed by atoms with van der Waals surface area (Å²) in [4.78, 5) is 23.1.